The fourth-order valence-electron chi connectivity index (χ4n) is 2.35. The molecule has 4 heteroatoms. The summed E-state index contributed by atoms with van der Waals surface area (Å²) in [5, 5.41) is 18.9. The van der Waals surface area contributed by atoms with Gasteiger partial charge < -0.3 is 15.1 Å². The van der Waals surface area contributed by atoms with E-state index in [2.05, 4.69) is 0 Å². The van der Waals surface area contributed by atoms with Crippen LogP contribution in [-0.2, 0) is 6.61 Å². The molecule has 1 heterocycles. The summed E-state index contributed by atoms with van der Waals surface area (Å²) < 4.78 is 13.5. The molecule has 1 fully saturated rings. The van der Waals surface area contributed by atoms with E-state index in [1.165, 1.54) is 6.07 Å². The summed E-state index contributed by atoms with van der Waals surface area (Å²) in [5.74, 6) is -0.206. The van der Waals surface area contributed by atoms with Crippen molar-refractivity contribution in [2.75, 3.05) is 18.0 Å². The zero-order valence-electron chi connectivity index (χ0n) is 9.93. The number of piperidine rings is 1. The Kier molecular flexibility index (Phi) is 3.64. The monoisotopic (exact) mass is 239 g/mol. The smallest absolute Gasteiger partial charge is 0.130 e. The fourth-order valence-corrected chi connectivity index (χ4v) is 2.35. The van der Waals surface area contributed by atoms with Gasteiger partial charge in [-0.2, -0.15) is 0 Å². The zero-order valence-corrected chi connectivity index (χ0v) is 9.93. The van der Waals surface area contributed by atoms with Crippen LogP contribution < -0.4 is 4.90 Å². The lowest BCUT2D eigenvalue weighted by molar-refractivity contribution is 0.0969. The second-order valence-electron chi connectivity index (χ2n) is 4.67. The second kappa shape index (κ2) is 5.02. The number of nitrogens with zero attached hydrogens (tertiary/aromatic N) is 1. The Balaban J connectivity index is 2.25. The third kappa shape index (κ3) is 2.42. The highest BCUT2D eigenvalue weighted by Crippen LogP contribution is 2.28. The first kappa shape index (κ1) is 12.3. The van der Waals surface area contributed by atoms with Crippen LogP contribution in [0.4, 0.5) is 10.1 Å². The molecule has 2 atom stereocenters. The predicted octanol–water partition coefficient (Wildman–Crippen LogP) is 1.53. The Labute approximate surface area is 100 Å². The van der Waals surface area contributed by atoms with Crippen molar-refractivity contribution in [1.82, 2.24) is 0 Å². The topological polar surface area (TPSA) is 43.7 Å². The Morgan fingerprint density at radius 1 is 1.47 bits per heavy atom. The molecule has 0 saturated carbocycles. The van der Waals surface area contributed by atoms with Crippen LogP contribution in [0.3, 0.4) is 0 Å². The number of aliphatic hydroxyl groups is 2. The molecule has 0 aliphatic carbocycles. The molecule has 2 N–H and O–H groups in total. The van der Waals surface area contributed by atoms with Crippen molar-refractivity contribution in [3.8, 4) is 0 Å². The molecule has 1 aliphatic heterocycles. The number of halogens is 1. The maximum Gasteiger partial charge on any atom is 0.130 e. The van der Waals surface area contributed by atoms with Crippen LogP contribution in [0.5, 0.6) is 0 Å². The lowest BCUT2D eigenvalue weighted by Crippen LogP contribution is -2.42. The van der Waals surface area contributed by atoms with E-state index in [0.29, 0.717) is 25.1 Å². The van der Waals surface area contributed by atoms with E-state index in [1.54, 1.807) is 6.07 Å². The first-order valence-corrected chi connectivity index (χ1v) is 5.94. The Morgan fingerprint density at radius 2 is 2.24 bits per heavy atom. The van der Waals surface area contributed by atoms with Crippen molar-refractivity contribution >= 4 is 5.69 Å². The lowest BCUT2D eigenvalue weighted by Gasteiger charge is -2.36. The van der Waals surface area contributed by atoms with E-state index < -0.39 is 0 Å². The molecule has 0 bridgehead atoms. The van der Waals surface area contributed by atoms with Crippen LogP contribution in [0.25, 0.3) is 0 Å². The molecule has 1 saturated heterocycles. The molecular formula is C13H18FNO2. The van der Waals surface area contributed by atoms with E-state index in [-0.39, 0.29) is 24.4 Å². The minimum atomic E-state index is -0.372. The van der Waals surface area contributed by atoms with Gasteiger partial charge in [0, 0.05) is 24.3 Å². The summed E-state index contributed by atoms with van der Waals surface area (Å²) in [4.78, 5) is 2.03. The van der Waals surface area contributed by atoms with Gasteiger partial charge in [-0.05, 0) is 24.5 Å². The lowest BCUT2D eigenvalue weighted by atomic mass is 9.95. The molecule has 0 spiro atoms. The molecule has 3 nitrogen and oxygen atoms in total. The van der Waals surface area contributed by atoms with Crippen LogP contribution in [0.1, 0.15) is 18.9 Å². The highest BCUT2D eigenvalue weighted by molar-refractivity contribution is 5.54. The molecular weight excluding hydrogens is 221 g/mol. The van der Waals surface area contributed by atoms with Crippen molar-refractivity contribution in [2.24, 2.45) is 5.92 Å². The number of anilines is 1. The minimum Gasteiger partial charge on any atom is -0.393 e. The summed E-state index contributed by atoms with van der Waals surface area (Å²) in [7, 11) is 0. The van der Waals surface area contributed by atoms with Crippen LogP contribution in [0.15, 0.2) is 18.2 Å². The van der Waals surface area contributed by atoms with Gasteiger partial charge in [0.15, 0.2) is 0 Å². The van der Waals surface area contributed by atoms with Crippen LogP contribution >= 0.6 is 0 Å². The molecule has 2 unspecified atom stereocenters. The predicted molar refractivity (Wildman–Crippen MR) is 64.3 cm³/mol. The summed E-state index contributed by atoms with van der Waals surface area (Å²) >= 11 is 0. The highest BCUT2D eigenvalue weighted by Gasteiger charge is 2.25. The molecule has 1 aliphatic rings. The number of benzene rings is 1. The number of hydrogen-bond acceptors (Lipinski definition) is 3. The Morgan fingerprint density at radius 3 is 2.88 bits per heavy atom. The Hall–Kier alpha value is -1.13. The average molecular weight is 239 g/mol. The first-order chi connectivity index (χ1) is 8.13. The van der Waals surface area contributed by atoms with E-state index in [9.17, 15) is 14.6 Å². The van der Waals surface area contributed by atoms with E-state index in [4.69, 9.17) is 0 Å². The van der Waals surface area contributed by atoms with Crippen molar-refractivity contribution < 1.29 is 14.6 Å². The molecule has 94 valence electrons. The van der Waals surface area contributed by atoms with Crippen molar-refractivity contribution in [3.63, 3.8) is 0 Å². The van der Waals surface area contributed by atoms with Crippen molar-refractivity contribution in [1.29, 1.82) is 0 Å². The van der Waals surface area contributed by atoms with Crippen molar-refractivity contribution in [2.45, 2.75) is 26.1 Å². The number of rotatable bonds is 2. The third-order valence-electron chi connectivity index (χ3n) is 3.45. The standard InChI is InChI=1S/C13H18FNO2/c1-9-7-15(6-5-13(9)17)12-4-2-3-11(14)10(12)8-16/h2-4,9,13,16-17H,5-8H2,1H3. The van der Waals surface area contributed by atoms with Gasteiger partial charge in [-0.1, -0.05) is 13.0 Å². The Bertz CT molecular complexity index is 397. The first-order valence-electron chi connectivity index (χ1n) is 5.94. The van der Waals surface area contributed by atoms with E-state index >= 15 is 0 Å². The molecule has 2 rings (SSSR count). The zero-order chi connectivity index (χ0) is 12.4. The van der Waals surface area contributed by atoms with Gasteiger partial charge in [-0.15, -0.1) is 0 Å². The van der Waals surface area contributed by atoms with Gasteiger partial charge >= 0.3 is 0 Å². The number of hydrogen-bond donors (Lipinski definition) is 2. The summed E-state index contributed by atoms with van der Waals surface area (Å²) in [6, 6.07) is 4.83. The van der Waals surface area contributed by atoms with Gasteiger partial charge in [-0.25, -0.2) is 4.39 Å². The number of aliphatic hydroxyl groups excluding tert-OH is 2. The largest absolute Gasteiger partial charge is 0.393 e. The van der Waals surface area contributed by atoms with Crippen LogP contribution in [-0.4, -0.2) is 29.4 Å². The van der Waals surface area contributed by atoms with Gasteiger partial charge in [0.25, 0.3) is 0 Å². The van der Waals surface area contributed by atoms with Gasteiger partial charge in [0.2, 0.25) is 0 Å². The molecule has 0 aromatic heterocycles. The normalized spacial score (nSPS) is 25.1. The maximum atomic E-state index is 13.5. The molecule has 0 radical (unpaired) electrons. The highest BCUT2D eigenvalue weighted by atomic mass is 19.1. The van der Waals surface area contributed by atoms with E-state index in [1.807, 2.05) is 17.9 Å². The van der Waals surface area contributed by atoms with Crippen LogP contribution in [0, 0.1) is 11.7 Å². The molecule has 0 amide bonds. The quantitative estimate of drug-likeness (QED) is 0.822. The fraction of sp³-hybridized carbons (Fsp3) is 0.538. The molecule has 17 heavy (non-hydrogen) atoms. The summed E-state index contributed by atoms with van der Waals surface area (Å²) in [6.45, 7) is 3.07. The molecule has 1 aromatic rings. The van der Waals surface area contributed by atoms with Gasteiger partial charge in [-0.3, -0.25) is 0 Å². The van der Waals surface area contributed by atoms with Crippen molar-refractivity contribution in [3.05, 3.63) is 29.6 Å². The second-order valence-corrected chi connectivity index (χ2v) is 4.67. The average Bonchev–Trinajstić information content (AvgIpc) is 2.32. The summed E-state index contributed by atoms with van der Waals surface area (Å²) in [6.07, 6.45) is 0.403. The third-order valence-corrected chi connectivity index (χ3v) is 3.45. The van der Waals surface area contributed by atoms with Crippen LogP contribution in [0.2, 0.25) is 0 Å². The molecule has 1 aromatic carbocycles. The van der Waals surface area contributed by atoms with Gasteiger partial charge in [0.05, 0.1) is 12.7 Å². The maximum absolute atomic E-state index is 13.5. The van der Waals surface area contributed by atoms with Gasteiger partial charge in [0.1, 0.15) is 5.82 Å². The SMILES string of the molecule is CC1CN(c2cccc(F)c2CO)CCC1O. The summed E-state index contributed by atoms with van der Waals surface area (Å²) in [5.41, 5.74) is 1.09. The van der Waals surface area contributed by atoms with E-state index in [0.717, 1.165) is 5.69 Å². The minimum absolute atomic E-state index is 0.165.